The minimum atomic E-state index is -0.119. The van der Waals surface area contributed by atoms with Gasteiger partial charge < -0.3 is 15.0 Å². The van der Waals surface area contributed by atoms with E-state index in [-0.39, 0.29) is 17.7 Å². The molecule has 1 aliphatic rings. The Hall–Kier alpha value is -2.78. The smallest absolute Gasteiger partial charge is 0.263 e. The Morgan fingerprint density at radius 1 is 1.17 bits per heavy atom. The van der Waals surface area contributed by atoms with E-state index in [0.717, 1.165) is 21.2 Å². The minimum Gasteiger partial charge on any atom is -0.497 e. The third-order valence-corrected chi connectivity index (χ3v) is 6.79. The first-order chi connectivity index (χ1) is 14.6. The highest BCUT2D eigenvalue weighted by Crippen LogP contribution is 2.24. The van der Waals surface area contributed by atoms with Crippen molar-refractivity contribution in [2.45, 2.75) is 19.3 Å². The topological polar surface area (TPSA) is 84.4 Å². The third-order valence-electron chi connectivity index (χ3n) is 5.10. The molecule has 0 atom stereocenters. The number of anilines is 1. The number of likely N-dealkylation sites (tertiary alicyclic amines) is 1. The molecule has 2 aromatic heterocycles. The number of benzene rings is 1. The van der Waals surface area contributed by atoms with Crippen LogP contribution in [-0.2, 0) is 11.2 Å². The van der Waals surface area contributed by atoms with Crippen molar-refractivity contribution in [1.29, 1.82) is 0 Å². The van der Waals surface area contributed by atoms with Gasteiger partial charge in [-0.1, -0.05) is 29.5 Å². The van der Waals surface area contributed by atoms with Gasteiger partial charge in [0.2, 0.25) is 11.0 Å². The number of amides is 2. The number of hydrogen-bond donors (Lipinski definition) is 1. The van der Waals surface area contributed by atoms with Gasteiger partial charge in [-0.2, -0.15) is 0 Å². The van der Waals surface area contributed by atoms with Crippen molar-refractivity contribution in [3.8, 4) is 5.75 Å². The first kappa shape index (κ1) is 20.5. The molecule has 2 amide bonds. The molecular formula is C21H22N4O3S2. The Bertz CT molecular complexity index is 994. The first-order valence-electron chi connectivity index (χ1n) is 9.71. The van der Waals surface area contributed by atoms with Crippen molar-refractivity contribution >= 4 is 39.6 Å². The highest BCUT2D eigenvalue weighted by atomic mass is 32.1. The number of nitrogens with zero attached hydrogens (tertiary/aromatic N) is 3. The van der Waals surface area contributed by atoms with E-state index < -0.39 is 0 Å². The highest BCUT2D eigenvalue weighted by molar-refractivity contribution is 7.15. The summed E-state index contributed by atoms with van der Waals surface area (Å²) >= 11 is 2.83. The van der Waals surface area contributed by atoms with Crippen molar-refractivity contribution in [3.63, 3.8) is 0 Å². The predicted molar refractivity (Wildman–Crippen MR) is 117 cm³/mol. The summed E-state index contributed by atoms with van der Waals surface area (Å²) < 4.78 is 5.17. The van der Waals surface area contributed by atoms with Crippen molar-refractivity contribution in [1.82, 2.24) is 15.1 Å². The lowest BCUT2D eigenvalue weighted by Gasteiger charge is -2.30. The number of piperidine rings is 1. The van der Waals surface area contributed by atoms with Crippen LogP contribution in [0.2, 0.25) is 0 Å². The molecule has 1 saturated heterocycles. The molecule has 0 spiro atoms. The molecule has 0 radical (unpaired) electrons. The molecule has 0 saturated carbocycles. The van der Waals surface area contributed by atoms with Gasteiger partial charge in [-0.05, 0) is 42.0 Å². The Morgan fingerprint density at radius 2 is 1.93 bits per heavy atom. The normalized spacial score (nSPS) is 14.5. The van der Waals surface area contributed by atoms with Crippen LogP contribution in [0.3, 0.4) is 0 Å². The molecule has 9 heteroatoms. The second-order valence-electron chi connectivity index (χ2n) is 7.06. The van der Waals surface area contributed by atoms with E-state index in [9.17, 15) is 9.59 Å². The van der Waals surface area contributed by atoms with Gasteiger partial charge in [0, 0.05) is 25.4 Å². The Labute approximate surface area is 182 Å². The highest BCUT2D eigenvalue weighted by Gasteiger charge is 2.28. The zero-order valence-electron chi connectivity index (χ0n) is 16.5. The summed E-state index contributed by atoms with van der Waals surface area (Å²) in [7, 11) is 1.64. The fourth-order valence-electron chi connectivity index (χ4n) is 3.40. The number of rotatable bonds is 6. The fraction of sp³-hybridized carbons (Fsp3) is 0.333. The Balaban J connectivity index is 1.28. The molecule has 4 rings (SSSR count). The summed E-state index contributed by atoms with van der Waals surface area (Å²) in [4.78, 5) is 27.6. The maximum atomic E-state index is 12.6. The molecular weight excluding hydrogens is 420 g/mol. The van der Waals surface area contributed by atoms with E-state index in [1.165, 1.54) is 22.7 Å². The number of methoxy groups -OCH3 is 1. The zero-order valence-corrected chi connectivity index (χ0v) is 18.2. The van der Waals surface area contributed by atoms with Crippen LogP contribution in [-0.4, -0.2) is 47.1 Å². The molecule has 1 fully saturated rings. The maximum absolute atomic E-state index is 12.6. The van der Waals surface area contributed by atoms with Gasteiger partial charge in [0.05, 0.1) is 12.0 Å². The van der Waals surface area contributed by atoms with Crippen LogP contribution < -0.4 is 10.1 Å². The van der Waals surface area contributed by atoms with Crippen LogP contribution in [0, 0.1) is 5.92 Å². The Morgan fingerprint density at radius 3 is 2.60 bits per heavy atom. The summed E-state index contributed by atoms with van der Waals surface area (Å²) in [6.45, 7) is 1.18. The SMILES string of the molecule is COc1ccc(Cc2nnc(NC(=O)C3CCN(C(=O)c4cccs4)CC3)s2)cc1. The monoisotopic (exact) mass is 442 g/mol. The van der Waals surface area contributed by atoms with Crippen molar-refractivity contribution < 1.29 is 14.3 Å². The van der Waals surface area contributed by atoms with E-state index >= 15 is 0 Å². The van der Waals surface area contributed by atoms with Gasteiger partial charge in [-0.15, -0.1) is 21.5 Å². The number of hydrogen-bond acceptors (Lipinski definition) is 7. The van der Waals surface area contributed by atoms with Crippen molar-refractivity contribution in [3.05, 3.63) is 57.2 Å². The van der Waals surface area contributed by atoms with Gasteiger partial charge in [0.1, 0.15) is 10.8 Å². The van der Waals surface area contributed by atoms with E-state index in [4.69, 9.17) is 4.74 Å². The molecule has 156 valence electrons. The minimum absolute atomic E-state index is 0.0506. The fourth-order valence-corrected chi connectivity index (χ4v) is 4.87. The molecule has 0 unspecified atom stereocenters. The second-order valence-corrected chi connectivity index (χ2v) is 9.07. The van der Waals surface area contributed by atoms with Crippen LogP contribution in [0.1, 0.15) is 33.1 Å². The lowest BCUT2D eigenvalue weighted by atomic mass is 9.96. The van der Waals surface area contributed by atoms with Crippen LogP contribution in [0.15, 0.2) is 41.8 Å². The average Bonchev–Trinajstić information content (AvgIpc) is 3.46. The van der Waals surface area contributed by atoms with E-state index in [1.54, 1.807) is 7.11 Å². The largest absolute Gasteiger partial charge is 0.497 e. The molecule has 0 aliphatic carbocycles. The van der Waals surface area contributed by atoms with Crippen molar-refractivity contribution in [2.75, 3.05) is 25.5 Å². The average molecular weight is 443 g/mol. The number of aromatic nitrogens is 2. The Kier molecular flexibility index (Phi) is 6.39. The van der Waals surface area contributed by atoms with Crippen molar-refractivity contribution in [2.24, 2.45) is 5.92 Å². The van der Waals surface area contributed by atoms with Gasteiger partial charge in [-0.25, -0.2) is 0 Å². The maximum Gasteiger partial charge on any atom is 0.263 e. The summed E-state index contributed by atoms with van der Waals surface area (Å²) in [6, 6.07) is 11.5. The lowest BCUT2D eigenvalue weighted by molar-refractivity contribution is -0.121. The number of carbonyl (C=O) groups is 2. The number of thiophene rings is 1. The third kappa shape index (κ3) is 4.85. The van der Waals surface area contributed by atoms with Gasteiger partial charge in [0.25, 0.3) is 5.91 Å². The standard InChI is InChI=1S/C21H22N4O3S2/c1-28-16-6-4-14(5-7-16)13-18-23-24-21(30-18)22-19(26)15-8-10-25(11-9-15)20(27)17-3-2-12-29-17/h2-7,12,15H,8-11,13H2,1H3,(H,22,24,26). The molecule has 3 aromatic rings. The molecule has 0 bridgehead atoms. The van der Waals surface area contributed by atoms with E-state index in [2.05, 4.69) is 15.5 Å². The molecule has 1 aromatic carbocycles. The number of carbonyl (C=O) groups excluding carboxylic acids is 2. The van der Waals surface area contributed by atoms with Gasteiger partial charge >= 0.3 is 0 Å². The van der Waals surface area contributed by atoms with Crippen LogP contribution in [0.4, 0.5) is 5.13 Å². The predicted octanol–water partition coefficient (Wildman–Crippen LogP) is 3.69. The zero-order chi connectivity index (χ0) is 20.9. The van der Waals surface area contributed by atoms with Gasteiger partial charge in [-0.3, -0.25) is 9.59 Å². The van der Waals surface area contributed by atoms with Crippen LogP contribution in [0.5, 0.6) is 5.75 Å². The molecule has 1 N–H and O–H groups in total. The van der Waals surface area contributed by atoms with Crippen LogP contribution >= 0.6 is 22.7 Å². The molecule has 30 heavy (non-hydrogen) atoms. The summed E-state index contributed by atoms with van der Waals surface area (Å²) in [5, 5.41) is 14.4. The summed E-state index contributed by atoms with van der Waals surface area (Å²) in [5.41, 5.74) is 1.10. The number of nitrogens with one attached hydrogen (secondary N) is 1. The first-order valence-corrected chi connectivity index (χ1v) is 11.4. The molecule has 1 aliphatic heterocycles. The lowest BCUT2D eigenvalue weighted by Crippen LogP contribution is -2.41. The van der Waals surface area contributed by atoms with Crippen LogP contribution in [0.25, 0.3) is 0 Å². The number of ether oxygens (including phenoxy) is 1. The summed E-state index contributed by atoms with van der Waals surface area (Å²) in [6.07, 6.45) is 1.96. The quantitative estimate of drug-likeness (QED) is 0.629. The summed E-state index contributed by atoms with van der Waals surface area (Å²) in [5.74, 6) is 0.694. The second kappa shape index (κ2) is 9.36. The van der Waals surface area contributed by atoms with E-state index in [1.807, 2.05) is 46.7 Å². The van der Waals surface area contributed by atoms with E-state index in [0.29, 0.717) is 37.5 Å². The van der Waals surface area contributed by atoms with Gasteiger partial charge in [0.15, 0.2) is 0 Å². The molecule has 7 nitrogen and oxygen atoms in total. The molecule has 3 heterocycles.